The van der Waals surface area contributed by atoms with Crippen molar-refractivity contribution in [3.8, 4) is 0 Å². The molecule has 2 rings (SSSR count). The van der Waals surface area contributed by atoms with E-state index in [0.717, 1.165) is 18.2 Å². The topological polar surface area (TPSA) is 52.2 Å². The molecule has 3 atom stereocenters. The van der Waals surface area contributed by atoms with Gasteiger partial charge in [-0.15, -0.1) is 0 Å². The summed E-state index contributed by atoms with van der Waals surface area (Å²) in [5.74, 6) is -4.83. The van der Waals surface area contributed by atoms with Crippen LogP contribution in [0.3, 0.4) is 0 Å². The third-order valence-corrected chi connectivity index (χ3v) is 7.58. The zero-order valence-electron chi connectivity index (χ0n) is 20.3. The number of alkyl halides is 6. The Bertz CT molecular complexity index is 1140. The number of allylic oxidation sites excluding steroid dienone is 1. The number of halogens is 8. The molecule has 0 saturated carbocycles. The number of benzene rings is 2. The smallest absolute Gasteiger partial charge is 0.417 e. The van der Waals surface area contributed by atoms with Crippen molar-refractivity contribution in [3.05, 3.63) is 74.8 Å². The molecule has 0 aromatic heterocycles. The summed E-state index contributed by atoms with van der Waals surface area (Å²) >= 11 is 4.72. The zero-order chi connectivity index (χ0) is 28.3. The summed E-state index contributed by atoms with van der Waals surface area (Å²) in [6.07, 6.45) is -9.86. The fourth-order valence-corrected chi connectivity index (χ4v) is 4.63. The Balaban J connectivity index is 2.50. The Morgan fingerprint density at radius 3 is 2.16 bits per heavy atom. The summed E-state index contributed by atoms with van der Waals surface area (Å²) in [5.41, 5.74) is -2.81. The predicted molar refractivity (Wildman–Crippen MR) is 131 cm³/mol. The second-order valence-corrected chi connectivity index (χ2v) is 10.7. The van der Waals surface area contributed by atoms with Gasteiger partial charge in [0.05, 0.1) is 17.2 Å². The third-order valence-electron chi connectivity index (χ3n) is 5.46. The maximum atomic E-state index is 15.0. The van der Waals surface area contributed by atoms with Crippen LogP contribution in [-0.2, 0) is 17.4 Å². The highest BCUT2D eigenvalue weighted by Gasteiger charge is 2.41. The van der Waals surface area contributed by atoms with Gasteiger partial charge in [-0.2, -0.15) is 26.3 Å². The van der Waals surface area contributed by atoms with Crippen molar-refractivity contribution in [2.24, 2.45) is 0 Å². The maximum absolute atomic E-state index is 15.0. The van der Waals surface area contributed by atoms with E-state index in [4.69, 9.17) is 11.6 Å². The summed E-state index contributed by atoms with van der Waals surface area (Å²) in [7, 11) is 0. The van der Waals surface area contributed by atoms with Crippen molar-refractivity contribution in [2.45, 2.75) is 52.0 Å². The summed E-state index contributed by atoms with van der Waals surface area (Å²) < 4.78 is 109. The highest BCUT2D eigenvalue weighted by molar-refractivity contribution is 7.91. The van der Waals surface area contributed by atoms with Gasteiger partial charge in [0, 0.05) is 10.6 Å². The molecule has 1 amide bonds. The van der Waals surface area contributed by atoms with E-state index < -0.39 is 63.9 Å². The summed E-state index contributed by atoms with van der Waals surface area (Å²) in [6, 6.07) is 3.35. The fourth-order valence-electron chi connectivity index (χ4n) is 3.65. The Labute approximate surface area is 218 Å². The van der Waals surface area contributed by atoms with E-state index in [9.17, 15) is 35.7 Å². The molecule has 12 heteroatoms. The monoisotopic (exact) mass is 571 g/mol. The Morgan fingerprint density at radius 2 is 1.68 bits per heavy atom. The number of hydrogen-bond donors (Lipinski definition) is 1. The molecule has 1 N–H and O–H groups in total. The van der Waals surface area contributed by atoms with Gasteiger partial charge in [0.15, 0.2) is 0 Å². The molecule has 0 saturated heterocycles. The number of carbonyl (C=O) groups is 1. The van der Waals surface area contributed by atoms with Crippen molar-refractivity contribution in [3.63, 3.8) is 0 Å². The summed E-state index contributed by atoms with van der Waals surface area (Å²) in [6.45, 7) is 6.07. The largest absolute Gasteiger partial charge is 0.616 e. The highest BCUT2D eigenvalue weighted by Crippen LogP contribution is 2.41. The van der Waals surface area contributed by atoms with Gasteiger partial charge in [0.2, 0.25) is 0 Å². The minimum absolute atomic E-state index is 0.0154. The minimum Gasteiger partial charge on any atom is -0.616 e. The van der Waals surface area contributed by atoms with Crippen molar-refractivity contribution in [1.82, 2.24) is 5.32 Å². The predicted octanol–water partition coefficient (Wildman–Crippen LogP) is 7.52. The zero-order valence-corrected chi connectivity index (χ0v) is 21.9. The molecule has 0 bridgehead atoms. The van der Waals surface area contributed by atoms with Crippen LogP contribution in [-0.4, -0.2) is 34.2 Å². The van der Waals surface area contributed by atoms with E-state index in [1.165, 1.54) is 20.8 Å². The van der Waals surface area contributed by atoms with Crippen LogP contribution in [0.15, 0.2) is 36.4 Å². The molecule has 0 heterocycles. The normalized spacial score (nSPS) is 15.3. The third kappa shape index (κ3) is 8.12. The first kappa shape index (κ1) is 31.0. The van der Waals surface area contributed by atoms with Gasteiger partial charge in [0.1, 0.15) is 23.3 Å². The van der Waals surface area contributed by atoms with Gasteiger partial charge in [-0.3, -0.25) is 4.79 Å². The highest BCUT2D eigenvalue weighted by atomic mass is 35.5. The van der Waals surface area contributed by atoms with Crippen LogP contribution in [0.4, 0.5) is 30.7 Å². The molecule has 0 spiro atoms. The molecule has 0 fully saturated rings. The average molecular weight is 572 g/mol. The molecule has 2 aromatic carbocycles. The Kier molecular flexibility index (Phi) is 10.1. The van der Waals surface area contributed by atoms with Crippen LogP contribution in [0.1, 0.15) is 57.9 Å². The van der Waals surface area contributed by atoms with Crippen LogP contribution >= 0.6 is 11.6 Å². The molecule has 0 aliphatic heterocycles. The van der Waals surface area contributed by atoms with Gasteiger partial charge >= 0.3 is 12.4 Å². The second-order valence-electron chi connectivity index (χ2n) is 8.53. The first-order valence-corrected chi connectivity index (χ1v) is 12.9. The molecular formula is C25H25ClF7NO2S. The van der Waals surface area contributed by atoms with Crippen molar-refractivity contribution in [2.75, 3.05) is 11.5 Å². The first-order valence-electron chi connectivity index (χ1n) is 11.0. The number of amides is 1. The van der Waals surface area contributed by atoms with Gasteiger partial charge in [-0.1, -0.05) is 41.0 Å². The molecule has 0 aliphatic carbocycles. The lowest BCUT2D eigenvalue weighted by atomic mass is 9.93. The summed E-state index contributed by atoms with van der Waals surface area (Å²) in [5, 5.41) is 2.55. The number of aryl methyl sites for hydroxylation is 2. The molecule has 0 radical (unpaired) electrons. The number of hydrogen-bond acceptors (Lipinski definition) is 2. The Hall–Kier alpha value is -2.24. The summed E-state index contributed by atoms with van der Waals surface area (Å²) in [4.78, 5) is 12.5. The first-order chi connectivity index (χ1) is 16.9. The van der Waals surface area contributed by atoms with E-state index in [-0.39, 0.29) is 22.4 Å². The van der Waals surface area contributed by atoms with Crippen LogP contribution in [0.2, 0.25) is 5.02 Å². The van der Waals surface area contributed by atoms with Crippen LogP contribution in [0.25, 0.3) is 5.83 Å². The quantitative estimate of drug-likeness (QED) is 0.263. The average Bonchev–Trinajstić information content (AvgIpc) is 2.78. The molecule has 204 valence electrons. The molecule has 37 heavy (non-hydrogen) atoms. The lowest BCUT2D eigenvalue weighted by Gasteiger charge is -2.20. The molecular weight excluding hydrogens is 547 g/mol. The lowest BCUT2D eigenvalue weighted by Crippen LogP contribution is -2.38. The maximum Gasteiger partial charge on any atom is 0.417 e. The molecule has 2 aromatic rings. The van der Waals surface area contributed by atoms with Crippen LogP contribution in [0.5, 0.6) is 0 Å². The lowest BCUT2D eigenvalue weighted by molar-refractivity contribution is -0.140. The van der Waals surface area contributed by atoms with Gasteiger partial charge in [-0.05, 0) is 62.6 Å². The van der Waals surface area contributed by atoms with Crippen molar-refractivity contribution < 1.29 is 40.1 Å². The second kappa shape index (κ2) is 12.1. The molecule has 0 aliphatic rings. The van der Waals surface area contributed by atoms with Gasteiger partial charge in [0.25, 0.3) is 5.91 Å². The number of carbonyl (C=O) groups excluding carboxylic acids is 1. The van der Waals surface area contributed by atoms with Crippen molar-refractivity contribution in [1.29, 1.82) is 0 Å². The van der Waals surface area contributed by atoms with E-state index in [0.29, 0.717) is 29.0 Å². The van der Waals surface area contributed by atoms with E-state index >= 15 is 4.39 Å². The van der Waals surface area contributed by atoms with Crippen molar-refractivity contribution >= 4 is 34.5 Å². The van der Waals surface area contributed by atoms with Gasteiger partial charge < -0.3 is 9.87 Å². The standard InChI is InChI=1S/C25H25ClF7NO2S/c1-5-37(36)12-15(4)34-23(35)18-7-6-16(10-20(18)25(31,32)33)21(27)11-19(24(28,29)30)17-8-13(2)22(26)14(3)9-17/h6-11,15,19H,5,12H2,1-4H3,(H,34,35)/b21-11-/t15-,19?,37?/m1/s1. The van der Waals surface area contributed by atoms with Gasteiger partial charge in [-0.25, -0.2) is 4.39 Å². The Morgan fingerprint density at radius 1 is 1.11 bits per heavy atom. The fraction of sp³-hybridized carbons (Fsp3) is 0.400. The minimum atomic E-state index is -5.10. The van der Waals surface area contributed by atoms with Crippen LogP contribution in [0, 0.1) is 13.8 Å². The van der Waals surface area contributed by atoms with E-state index in [1.807, 2.05) is 0 Å². The van der Waals surface area contributed by atoms with Crippen LogP contribution < -0.4 is 5.32 Å². The van der Waals surface area contributed by atoms with E-state index in [2.05, 4.69) is 5.32 Å². The number of rotatable bonds is 8. The SMILES string of the molecule is CC[S+]([O-])C[C@@H](C)NC(=O)c1ccc(/C(F)=C/C(c2cc(C)c(Cl)c(C)c2)C(F)(F)F)cc1C(F)(F)F. The number of nitrogens with one attached hydrogen (secondary N) is 1. The molecule has 2 unspecified atom stereocenters. The van der Waals surface area contributed by atoms with E-state index in [1.54, 1.807) is 6.92 Å². The molecule has 3 nitrogen and oxygen atoms in total.